The number of imidazole rings is 1. The molecule has 0 saturated carbocycles. The van der Waals surface area contributed by atoms with Crippen LogP contribution in [-0.4, -0.2) is 35.9 Å². The zero-order chi connectivity index (χ0) is 20.8. The van der Waals surface area contributed by atoms with Crippen LogP contribution >= 0.6 is 0 Å². The molecule has 0 amide bonds. The molecule has 9 heteroatoms. The van der Waals surface area contributed by atoms with Crippen molar-refractivity contribution in [1.29, 1.82) is 0 Å². The molecule has 30 heavy (non-hydrogen) atoms. The highest BCUT2D eigenvalue weighted by Crippen LogP contribution is 2.31. The summed E-state index contributed by atoms with van der Waals surface area (Å²) >= 11 is 0. The zero-order valence-corrected chi connectivity index (χ0v) is 16.7. The number of hydrogen-bond donors (Lipinski definition) is 2. The summed E-state index contributed by atoms with van der Waals surface area (Å²) in [6.45, 7) is 2.56. The average Bonchev–Trinajstić information content (AvgIpc) is 3.45. The largest absolute Gasteiger partial charge is 0.493 e. The van der Waals surface area contributed by atoms with Crippen molar-refractivity contribution in [2.75, 3.05) is 11.9 Å². The molecule has 0 aliphatic carbocycles. The number of hydrogen-bond acceptors (Lipinski definition) is 6. The van der Waals surface area contributed by atoms with E-state index in [0.717, 1.165) is 28.3 Å². The van der Waals surface area contributed by atoms with E-state index in [1.165, 1.54) is 6.07 Å². The fourth-order valence-electron chi connectivity index (χ4n) is 3.95. The molecule has 3 aromatic heterocycles. The molecular weight excluding hydrogens is 387 g/mol. The Bertz CT molecular complexity index is 1260. The molecule has 4 heterocycles. The molecule has 1 aromatic carbocycles. The van der Waals surface area contributed by atoms with E-state index in [1.807, 2.05) is 20.0 Å². The molecule has 0 bridgehead atoms. The van der Waals surface area contributed by atoms with Gasteiger partial charge in [0.25, 0.3) is 0 Å². The Morgan fingerprint density at radius 3 is 2.97 bits per heavy atom. The van der Waals surface area contributed by atoms with Crippen molar-refractivity contribution >= 4 is 11.6 Å². The van der Waals surface area contributed by atoms with E-state index in [-0.39, 0.29) is 19.0 Å². The van der Waals surface area contributed by atoms with Gasteiger partial charge in [0.1, 0.15) is 11.6 Å². The first kappa shape index (κ1) is 18.6. The fourth-order valence-corrected chi connectivity index (χ4v) is 3.95. The normalized spacial score (nSPS) is 12.9. The SMILES string of the molecule is Cc1cc(-c2cnc(NCc3c(F)ccc4c3CCO4)n3cc(CO)nc23)n(C)n1. The second-order valence-corrected chi connectivity index (χ2v) is 7.33. The summed E-state index contributed by atoms with van der Waals surface area (Å²) in [5.41, 5.74) is 5.18. The molecule has 8 nitrogen and oxygen atoms in total. The number of aryl methyl sites for hydroxylation is 2. The highest BCUT2D eigenvalue weighted by Gasteiger charge is 2.20. The first-order valence-corrected chi connectivity index (χ1v) is 9.71. The predicted octanol–water partition coefficient (Wildman–Crippen LogP) is 2.62. The highest BCUT2D eigenvalue weighted by molar-refractivity contribution is 5.76. The number of nitrogens with zero attached hydrogens (tertiary/aromatic N) is 5. The first-order valence-electron chi connectivity index (χ1n) is 9.71. The Morgan fingerprint density at radius 2 is 2.20 bits per heavy atom. The van der Waals surface area contributed by atoms with Gasteiger partial charge in [-0.1, -0.05) is 0 Å². The summed E-state index contributed by atoms with van der Waals surface area (Å²) in [5.74, 6) is 0.973. The molecule has 4 aromatic rings. The van der Waals surface area contributed by atoms with E-state index < -0.39 is 0 Å². The minimum Gasteiger partial charge on any atom is -0.493 e. The van der Waals surface area contributed by atoms with Crippen molar-refractivity contribution in [3.63, 3.8) is 0 Å². The second kappa shape index (κ2) is 7.10. The van der Waals surface area contributed by atoms with Gasteiger partial charge in [0.2, 0.25) is 5.95 Å². The number of ether oxygens (including phenoxy) is 1. The first-order chi connectivity index (χ1) is 14.5. The van der Waals surface area contributed by atoms with Gasteiger partial charge in [0.15, 0.2) is 5.65 Å². The Labute approximate surface area is 172 Å². The van der Waals surface area contributed by atoms with E-state index in [1.54, 1.807) is 27.5 Å². The minimum atomic E-state index is -0.272. The number of fused-ring (bicyclic) bond motifs is 2. The van der Waals surface area contributed by atoms with E-state index >= 15 is 0 Å². The van der Waals surface area contributed by atoms with Gasteiger partial charge < -0.3 is 15.2 Å². The third-order valence-electron chi connectivity index (χ3n) is 5.34. The minimum absolute atomic E-state index is 0.191. The molecule has 2 N–H and O–H groups in total. The summed E-state index contributed by atoms with van der Waals surface area (Å²) in [4.78, 5) is 9.10. The Kier molecular flexibility index (Phi) is 4.39. The lowest BCUT2D eigenvalue weighted by atomic mass is 10.0. The van der Waals surface area contributed by atoms with Crippen molar-refractivity contribution in [3.8, 4) is 17.0 Å². The predicted molar refractivity (Wildman–Crippen MR) is 109 cm³/mol. The number of rotatable bonds is 5. The average molecular weight is 408 g/mol. The van der Waals surface area contributed by atoms with Gasteiger partial charge >= 0.3 is 0 Å². The molecule has 0 atom stereocenters. The lowest BCUT2D eigenvalue weighted by Gasteiger charge is -2.13. The van der Waals surface area contributed by atoms with E-state index in [9.17, 15) is 9.50 Å². The van der Waals surface area contributed by atoms with E-state index in [2.05, 4.69) is 20.4 Å². The molecule has 0 unspecified atom stereocenters. The van der Waals surface area contributed by atoms with Crippen LogP contribution < -0.4 is 10.1 Å². The van der Waals surface area contributed by atoms with Crippen LogP contribution in [0.3, 0.4) is 0 Å². The lowest BCUT2D eigenvalue weighted by Crippen LogP contribution is -2.10. The maximum atomic E-state index is 14.5. The van der Waals surface area contributed by atoms with Gasteiger partial charge in [0.05, 0.1) is 35.9 Å². The molecule has 0 radical (unpaired) electrons. The van der Waals surface area contributed by atoms with Crippen LogP contribution in [0.5, 0.6) is 5.75 Å². The maximum Gasteiger partial charge on any atom is 0.208 e. The van der Waals surface area contributed by atoms with Crippen molar-refractivity contribution in [2.24, 2.45) is 7.05 Å². The third kappa shape index (κ3) is 2.98. The van der Waals surface area contributed by atoms with Gasteiger partial charge in [0, 0.05) is 43.5 Å². The lowest BCUT2D eigenvalue weighted by molar-refractivity contribution is 0.277. The Balaban J connectivity index is 1.55. The van der Waals surface area contributed by atoms with Crippen molar-refractivity contribution in [2.45, 2.75) is 26.5 Å². The van der Waals surface area contributed by atoms with E-state index in [4.69, 9.17) is 4.74 Å². The van der Waals surface area contributed by atoms with Crippen molar-refractivity contribution < 1.29 is 14.2 Å². The van der Waals surface area contributed by atoms with Crippen LogP contribution in [0.1, 0.15) is 22.5 Å². The topological polar surface area (TPSA) is 89.5 Å². The molecule has 0 fully saturated rings. The van der Waals surface area contributed by atoms with Gasteiger partial charge in [-0.15, -0.1) is 0 Å². The van der Waals surface area contributed by atoms with Crippen LogP contribution in [0.2, 0.25) is 0 Å². The van der Waals surface area contributed by atoms with Crippen LogP contribution in [0.15, 0.2) is 30.6 Å². The van der Waals surface area contributed by atoms with Gasteiger partial charge in [-0.05, 0) is 25.1 Å². The van der Waals surface area contributed by atoms with Crippen molar-refractivity contribution in [1.82, 2.24) is 24.1 Å². The number of aromatic nitrogens is 5. The smallest absolute Gasteiger partial charge is 0.208 e. The maximum absolute atomic E-state index is 14.5. The van der Waals surface area contributed by atoms with Gasteiger partial charge in [-0.3, -0.25) is 9.08 Å². The number of aliphatic hydroxyl groups excluding tert-OH is 1. The van der Waals surface area contributed by atoms with Crippen LogP contribution in [-0.2, 0) is 26.6 Å². The fraction of sp³-hybridized carbons (Fsp3) is 0.286. The monoisotopic (exact) mass is 408 g/mol. The number of anilines is 1. The summed E-state index contributed by atoms with van der Waals surface area (Å²) in [6, 6.07) is 5.06. The molecule has 1 aliphatic rings. The number of nitrogens with one attached hydrogen (secondary N) is 1. The molecule has 5 rings (SSSR count). The van der Waals surface area contributed by atoms with Crippen LogP contribution in [0.4, 0.5) is 10.3 Å². The highest BCUT2D eigenvalue weighted by atomic mass is 19.1. The number of halogens is 1. The zero-order valence-electron chi connectivity index (χ0n) is 16.7. The number of benzene rings is 1. The standard InChI is InChI=1S/C21H21FN6O2/c1-12-7-18(27(2)26-12)16-9-24-21(28-10-13(11-29)25-20(16)28)23-8-15-14-5-6-30-19(14)4-3-17(15)22/h3-4,7,9-10,29H,5-6,8,11H2,1-2H3,(H,23,24). The van der Waals surface area contributed by atoms with Gasteiger partial charge in [-0.2, -0.15) is 5.10 Å². The summed E-state index contributed by atoms with van der Waals surface area (Å²) in [5, 5.41) is 17.2. The summed E-state index contributed by atoms with van der Waals surface area (Å²) in [6.07, 6.45) is 4.13. The summed E-state index contributed by atoms with van der Waals surface area (Å²) < 4.78 is 23.6. The molecular formula is C21H21FN6O2. The van der Waals surface area contributed by atoms with Crippen LogP contribution in [0, 0.1) is 12.7 Å². The molecule has 0 saturated heterocycles. The molecule has 0 spiro atoms. The second-order valence-electron chi connectivity index (χ2n) is 7.33. The van der Waals surface area contributed by atoms with Gasteiger partial charge in [-0.25, -0.2) is 14.4 Å². The van der Waals surface area contributed by atoms with Crippen molar-refractivity contribution in [3.05, 3.63) is 58.9 Å². The molecule has 154 valence electrons. The Hall–Kier alpha value is -3.46. The van der Waals surface area contributed by atoms with E-state index in [0.29, 0.717) is 35.9 Å². The quantitative estimate of drug-likeness (QED) is 0.528. The molecule has 1 aliphatic heterocycles. The third-order valence-corrected chi connectivity index (χ3v) is 5.34. The summed E-state index contributed by atoms with van der Waals surface area (Å²) in [7, 11) is 1.86. The Morgan fingerprint density at radius 1 is 1.33 bits per heavy atom. The van der Waals surface area contributed by atoms with Crippen LogP contribution in [0.25, 0.3) is 16.9 Å². The number of aliphatic hydroxyl groups is 1.